The Bertz CT molecular complexity index is 822. The molecule has 0 unspecified atom stereocenters. The van der Waals surface area contributed by atoms with E-state index in [1.54, 1.807) is 24.3 Å². The molecule has 0 fully saturated rings. The van der Waals surface area contributed by atoms with Crippen LogP contribution in [0.15, 0.2) is 52.4 Å². The lowest BCUT2D eigenvalue weighted by Gasteiger charge is -2.10. The maximum atomic E-state index is 12.6. The fourth-order valence-corrected chi connectivity index (χ4v) is 2.19. The number of guanidine groups is 2. The summed E-state index contributed by atoms with van der Waals surface area (Å²) in [6.07, 6.45) is 0. The second-order valence-electron chi connectivity index (χ2n) is 5.30. The summed E-state index contributed by atoms with van der Waals surface area (Å²) in [4.78, 5) is 20.3. The van der Waals surface area contributed by atoms with Crippen molar-refractivity contribution < 1.29 is 4.79 Å². The Hall–Kier alpha value is -3.35. The van der Waals surface area contributed by atoms with E-state index in [1.165, 1.54) is 0 Å². The third-order valence-electron chi connectivity index (χ3n) is 3.26. The van der Waals surface area contributed by atoms with Gasteiger partial charge in [0.1, 0.15) is 0 Å². The molecule has 124 valence electrons. The van der Waals surface area contributed by atoms with Gasteiger partial charge in [-0.05, 0) is 37.6 Å². The Morgan fingerprint density at radius 1 is 1.04 bits per heavy atom. The predicted octanol–water partition coefficient (Wildman–Crippen LogP) is 1.78. The molecule has 0 saturated carbocycles. The highest BCUT2D eigenvalue weighted by Gasteiger charge is 2.12. The van der Waals surface area contributed by atoms with Crippen LogP contribution in [0.3, 0.4) is 0 Å². The van der Waals surface area contributed by atoms with Gasteiger partial charge in [0.05, 0.1) is 11.3 Å². The van der Waals surface area contributed by atoms with E-state index >= 15 is 0 Å². The van der Waals surface area contributed by atoms with E-state index in [0.717, 1.165) is 16.8 Å². The number of nitrogens with one attached hydrogen (secondary N) is 1. The molecule has 0 aliphatic rings. The van der Waals surface area contributed by atoms with Crippen molar-refractivity contribution in [3.63, 3.8) is 0 Å². The molecule has 0 bridgehead atoms. The molecule has 0 saturated heterocycles. The number of hydrogen-bond donors (Lipinski definition) is 4. The van der Waals surface area contributed by atoms with Crippen molar-refractivity contribution in [1.29, 1.82) is 0 Å². The van der Waals surface area contributed by atoms with Gasteiger partial charge in [0.15, 0.2) is 5.96 Å². The molecule has 2 rings (SSSR count). The normalized spacial score (nSPS) is 11.0. The molecule has 2 aromatic carbocycles. The van der Waals surface area contributed by atoms with Crippen LogP contribution in [0.5, 0.6) is 0 Å². The number of rotatable bonds is 3. The number of aryl methyl sites for hydroxylation is 2. The van der Waals surface area contributed by atoms with Crippen molar-refractivity contribution in [3.8, 4) is 0 Å². The molecule has 24 heavy (non-hydrogen) atoms. The smallest absolute Gasteiger partial charge is 0.257 e. The molecule has 0 aliphatic carbocycles. The van der Waals surface area contributed by atoms with Crippen LogP contribution in [0.1, 0.15) is 21.5 Å². The summed E-state index contributed by atoms with van der Waals surface area (Å²) >= 11 is 0. The van der Waals surface area contributed by atoms with Crippen LogP contribution in [0.2, 0.25) is 0 Å². The third-order valence-corrected chi connectivity index (χ3v) is 3.26. The van der Waals surface area contributed by atoms with Crippen LogP contribution in [-0.4, -0.2) is 17.8 Å². The summed E-state index contributed by atoms with van der Waals surface area (Å²) in [5.74, 6) is -0.617. The Kier molecular flexibility index (Phi) is 5.16. The SMILES string of the molecule is Cc1ccc(NC(=O)c2ccccc2N=C(N)N=C(N)N)c(C)c1. The van der Waals surface area contributed by atoms with Crippen molar-refractivity contribution >= 4 is 29.2 Å². The molecule has 0 heterocycles. The first kappa shape index (κ1) is 17.0. The first-order valence-electron chi connectivity index (χ1n) is 7.28. The number of hydrogen-bond acceptors (Lipinski definition) is 2. The molecule has 7 heteroatoms. The predicted molar refractivity (Wildman–Crippen MR) is 97.4 cm³/mol. The van der Waals surface area contributed by atoms with Crippen LogP contribution in [0, 0.1) is 13.8 Å². The quantitative estimate of drug-likeness (QED) is 0.506. The van der Waals surface area contributed by atoms with Gasteiger partial charge in [0.25, 0.3) is 5.91 Å². The van der Waals surface area contributed by atoms with Gasteiger partial charge in [-0.3, -0.25) is 4.79 Å². The Labute approximate surface area is 140 Å². The van der Waals surface area contributed by atoms with Crippen molar-refractivity contribution in [2.75, 3.05) is 5.32 Å². The first-order valence-corrected chi connectivity index (χ1v) is 7.28. The van der Waals surface area contributed by atoms with Gasteiger partial charge in [-0.15, -0.1) is 0 Å². The molecule has 0 aromatic heterocycles. The number of carbonyl (C=O) groups excluding carboxylic acids is 1. The number of amides is 1. The van der Waals surface area contributed by atoms with E-state index in [-0.39, 0.29) is 17.8 Å². The zero-order valence-corrected chi connectivity index (χ0v) is 13.6. The van der Waals surface area contributed by atoms with Gasteiger partial charge in [-0.1, -0.05) is 29.8 Å². The number of aliphatic imine (C=N–C) groups is 2. The highest BCUT2D eigenvalue weighted by Crippen LogP contribution is 2.22. The fourth-order valence-electron chi connectivity index (χ4n) is 2.19. The van der Waals surface area contributed by atoms with Gasteiger partial charge in [-0.25, -0.2) is 4.99 Å². The Morgan fingerprint density at radius 3 is 2.42 bits per heavy atom. The van der Waals surface area contributed by atoms with E-state index in [9.17, 15) is 4.79 Å². The third kappa shape index (κ3) is 4.33. The molecule has 7 N–H and O–H groups in total. The second-order valence-corrected chi connectivity index (χ2v) is 5.30. The highest BCUT2D eigenvalue weighted by atomic mass is 16.1. The number of benzene rings is 2. The average Bonchev–Trinajstić information content (AvgIpc) is 2.49. The van der Waals surface area contributed by atoms with Crippen molar-refractivity contribution in [2.45, 2.75) is 13.8 Å². The summed E-state index contributed by atoms with van der Waals surface area (Å²) < 4.78 is 0. The van der Waals surface area contributed by atoms with E-state index < -0.39 is 0 Å². The minimum absolute atomic E-state index is 0.123. The van der Waals surface area contributed by atoms with Crippen molar-refractivity contribution in [3.05, 3.63) is 59.2 Å². The van der Waals surface area contributed by atoms with Gasteiger partial charge in [0, 0.05) is 5.69 Å². The lowest BCUT2D eigenvalue weighted by atomic mass is 10.1. The minimum atomic E-state index is -0.293. The van der Waals surface area contributed by atoms with Crippen LogP contribution >= 0.6 is 0 Å². The van der Waals surface area contributed by atoms with Gasteiger partial charge in [-0.2, -0.15) is 4.99 Å². The summed E-state index contributed by atoms with van der Waals surface area (Å²) in [7, 11) is 0. The molecule has 0 aliphatic heterocycles. The van der Waals surface area contributed by atoms with Crippen LogP contribution in [-0.2, 0) is 0 Å². The fraction of sp³-hybridized carbons (Fsp3) is 0.118. The standard InChI is InChI=1S/C17H20N6O/c1-10-7-8-13(11(2)9-10)21-15(24)12-5-3-4-6-14(12)22-17(20)23-16(18)19/h3-9H,1-2H3,(H,21,24)(H6,18,19,20,22,23). The van der Waals surface area contributed by atoms with Crippen LogP contribution in [0.4, 0.5) is 11.4 Å². The minimum Gasteiger partial charge on any atom is -0.370 e. The monoisotopic (exact) mass is 324 g/mol. The first-order chi connectivity index (χ1) is 11.4. The average molecular weight is 324 g/mol. The van der Waals surface area contributed by atoms with E-state index in [4.69, 9.17) is 17.2 Å². The van der Waals surface area contributed by atoms with Gasteiger partial charge >= 0.3 is 0 Å². The maximum Gasteiger partial charge on any atom is 0.257 e. The molecule has 7 nitrogen and oxygen atoms in total. The maximum absolute atomic E-state index is 12.6. The van der Waals surface area contributed by atoms with Crippen molar-refractivity contribution in [1.82, 2.24) is 0 Å². The number of carbonyl (C=O) groups is 1. The lowest BCUT2D eigenvalue weighted by Crippen LogP contribution is -2.26. The zero-order valence-electron chi connectivity index (χ0n) is 13.6. The van der Waals surface area contributed by atoms with E-state index in [0.29, 0.717) is 11.3 Å². The Morgan fingerprint density at radius 2 is 1.75 bits per heavy atom. The molecule has 1 amide bonds. The van der Waals surface area contributed by atoms with Gasteiger partial charge in [0.2, 0.25) is 5.96 Å². The largest absolute Gasteiger partial charge is 0.370 e. The summed E-state index contributed by atoms with van der Waals surface area (Å²) in [5.41, 5.74) is 19.8. The molecule has 2 aromatic rings. The molecule has 0 spiro atoms. The summed E-state index contributed by atoms with van der Waals surface area (Å²) in [6.45, 7) is 3.93. The van der Waals surface area contributed by atoms with Crippen LogP contribution in [0.25, 0.3) is 0 Å². The van der Waals surface area contributed by atoms with E-state index in [1.807, 2.05) is 32.0 Å². The highest BCUT2D eigenvalue weighted by molar-refractivity contribution is 6.08. The Balaban J connectivity index is 2.32. The van der Waals surface area contributed by atoms with E-state index in [2.05, 4.69) is 15.3 Å². The topological polar surface area (TPSA) is 132 Å². The molecular weight excluding hydrogens is 304 g/mol. The molecular formula is C17H20N6O. The molecule has 0 radical (unpaired) electrons. The number of para-hydroxylation sites is 1. The number of anilines is 1. The lowest BCUT2D eigenvalue weighted by molar-refractivity contribution is 0.102. The molecule has 0 atom stereocenters. The summed E-state index contributed by atoms with van der Waals surface area (Å²) in [6, 6.07) is 12.6. The van der Waals surface area contributed by atoms with Crippen molar-refractivity contribution in [2.24, 2.45) is 27.2 Å². The number of nitrogens with zero attached hydrogens (tertiary/aromatic N) is 2. The van der Waals surface area contributed by atoms with Crippen LogP contribution < -0.4 is 22.5 Å². The second kappa shape index (κ2) is 7.28. The van der Waals surface area contributed by atoms with Gasteiger partial charge < -0.3 is 22.5 Å². The summed E-state index contributed by atoms with van der Waals surface area (Å²) in [5, 5.41) is 2.87. The number of nitrogens with two attached hydrogens (primary N) is 3. The zero-order chi connectivity index (χ0) is 17.7.